The quantitative estimate of drug-likeness (QED) is 0.706. The van der Waals surface area contributed by atoms with Gasteiger partial charge < -0.3 is 5.11 Å². The molecular weight excluding hydrogens is 176 g/mol. The summed E-state index contributed by atoms with van der Waals surface area (Å²) in [6.45, 7) is -0.0296. The minimum atomic E-state index is -0.0296. The highest BCUT2D eigenvalue weighted by molar-refractivity contribution is 6.31. The number of hydrogen-bond acceptors (Lipinski definition) is 2. The number of benzene rings is 1. The second-order valence-electron chi connectivity index (χ2n) is 2.52. The van der Waals surface area contributed by atoms with E-state index in [1.54, 1.807) is 12.1 Å². The molecule has 2 aromatic rings. The van der Waals surface area contributed by atoms with Crippen molar-refractivity contribution in [2.24, 2.45) is 0 Å². The van der Waals surface area contributed by atoms with Crippen LogP contribution in [0.15, 0.2) is 18.2 Å². The highest BCUT2D eigenvalue weighted by Gasteiger charge is 2.03. The smallest absolute Gasteiger partial charge is 0.0939 e. The molecule has 2 rings (SSSR count). The standard InChI is InChI=1S/C8H7ClN2O/c9-5-1-2-6-7(3-5)10-11-8(6)4-12/h1-3,12H,4H2,(H,10,11). The van der Waals surface area contributed by atoms with Crippen molar-refractivity contribution in [3.63, 3.8) is 0 Å². The first kappa shape index (κ1) is 7.58. The van der Waals surface area contributed by atoms with Gasteiger partial charge in [0.15, 0.2) is 0 Å². The Morgan fingerprint density at radius 2 is 2.33 bits per heavy atom. The highest BCUT2D eigenvalue weighted by atomic mass is 35.5. The van der Waals surface area contributed by atoms with Crippen LogP contribution in [0.3, 0.4) is 0 Å². The Balaban J connectivity index is 2.73. The van der Waals surface area contributed by atoms with Crippen LogP contribution in [0.25, 0.3) is 10.9 Å². The van der Waals surface area contributed by atoms with Crippen LogP contribution in [0.1, 0.15) is 5.69 Å². The van der Waals surface area contributed by atoms with Crippen LogP contribution in [-0.2, 0) is 6.61 Å². The number of aliphatic hydroxyl groups is 1. The molecule has 1 heterocycles. The van der Waals surface area contributed by atoms with Crippen LogP contribution < -0.4 is 0 Å². The predicted octanol–water partition coefficient (Wildman–Crippen LogP) is 1.71. The summed E-state index contributed by atoms with van der Waals surface area (Å²) < 4.78 is 0. The molecule has 0 atom stereocenters. The zero-order valence-corrected chi connectivity index (χ0v) is 6.97. The maximum atomic E-state index is 8.89. The Hall–Kier alpha value is -1.06. The van der Waals surface area contributed by atoms with Gasteiger partial charge in [-0.25, -0.2) is 0 Å². The molecule has 2 N–H and O–H groups in total. The number of halogens is 1. The summed E-state index contributed by atoms with van der Waals surface area (Å²) in [5.74, 6) is 0. The number of fused-ring (bicyclic) bond motifs is 1. The molecule has 0 aliphatic heterocycles. The molecule has 0 spiro atoms. The van der Waals surface area contributed by atoms with Crippen LogP contribution in [0.4, 0.5) is 0 Å². The minimum absolute atomic E-state index is 0.0296. The normalized spacial score (nSPS) is 10.8. The molecule has 0 aliphatic carbocycles. The molecular formula is C8H7ClN2O. The van der Waals surface area contributed by atoms with Gasteiger partial charge in [0.05, 0.1) is 17.8 Å². The maximum Gasteiger partial charge on any atom is 0.0939 e. The van der Waals surface area contributed by atoms with E-state index in [1.807, 2.05) is 6.07 Å². The third-order valence-corrected chi connectivity index (χ3v) is 1.99. The lowest BCUT2D eigenvalue weighted by atomic mass is 10.2. The molecule has 12 heavy (non-hydrogen) atoms. The van der Waals surface area contributed by atoms with Crippen LogP contribution in [0.5, 0.6) is 0 Å². The zero-order valence-electron chi connectivity index (χ0n) is 6.21. The second-order valence-corrected chi connectivity index (χ2v) is 2.96. The van der Waals surface area contributed by atoms with Gasteiger partial charge in [0.25, 0.3) is 0 Å². The number of H-pyrrole nitrogens is 1. The fourth-order valence-corrected chi connectivity index (χ4v) is 1.33. The molecule has 0 bridgehead atoms. The summed E-state index contributed by atoms with van der Waals surface area (Å²) >= 11 is 5.75. The molecule has 4 heteroatoms. The van der Waals surface area contributed by atoms with Gasteiger partial charge in [-0.15, -0.1) is 0 Å². The first-order valence-corrected chi connectivity index (χ1v) is 3.92. The lowest BCUT2D eigenvalue weighted by molar-refractivity contribution is 0.278. The molecule has 3 nitrogen and oxygen atoms in total. The van der Waals surface area contributed by atoms with Gasteiger partial charge in [-0.2, -0.15) is 5.10 Å². The number of rotatable bonds is 1. The number of nitrogens with zero attached hydrogens (tertiary/aromatic N) is 1. The molecule has 1 aromatic heterocycles. The summed E-state index contributed by atoms with van der Waals surface area (Å²) in [6.07, 6.45) is 0. The van der Waals surface area contributed by atoms with Crippen LogP contribution >= 0.6 is 11.6 Å². The van der Waals surface area contributed by atoms with Gasteiger partial charge >= 0.3 is 0 Å². The highest BCUT2D eigenvalue weighted by Crippen LogP contribution is 2.19. The van der Waals surface area contributed by atoms with E-state index in [0.29, 0.717) is 5.02 Å². The molecule has 0 fully saturated rings. The van der Waals surface area contributed by atoms with Gasteiger partial charge in [0, 0.05) is 10.4 Å². The number of aliphatic hydroxyl groups excluding tert-OH is 1. The minimum Gasteiger partial charge on any atom is -0.390 e. The Morgan fingerprint density at radius 3 is 3.08 bits per heavy atom. The van der Waals surface area contributed by atoms with Crippen LogP contribution in [0, 0.1) is 0 Å². The summed E-state index contributed by atoms with van der Waals surface area (Å²) in [5.41, 5.74) is 1.51. The fourth-order valence-electron chi connectivity index (χ4n) is 1.16. The van der Waals surface area contributed by atoms with Crippen LogP contribution in [0.2, 0.25) is 5.02 Å². The van der Waals surface area contributed by atoms with Gasteiger partial charge in [-0.3, -0.25) is 5.10 Å². The van der Waals surface area contributed by atoms with E-state index in [1.165, 1.54) is 0 Å². The van der Waals surface area contributed by atoms with Crippen molar-refractivity contribution >= 4 is 22.5 Å². The monoisotopic (exact) mass is 182 g/mol. The fraction of sp³-hybridized carbons (Fsp3) is 0.125. The molecule has 0 aliphatic rings. The third-order valence-electron chi connectivity index (χ3n) is 1.75. The average Bonchev–Trinajstić information content (AvgIpc) is 2.46. The number of hydrogen-bond donors (Lipinski definition) is 2. The van der Waals surface area contributed by atoms with Gasteiger partial charge in [0.2, 0.25) is 0 Å². The SMILES string of the molecule is OCc1[nH]nc2cc(Cl)ccc12. The van der Waals surface area contributed by atoms with Crippen molar-refractivity contribution in [1.29, 1.82) is 0 Å². The van der Waals surface area contributed by atoms with E-state index in [9.17, 15) is 0 Å². The van der Waals surface area contributed by atoms with E-state index < -0.39 is 0 Å². The first-order chi connectivity index (χ1) is 5.81. The third kappa shape index (κ3) is 1.07. The Morgan fingerprint density at radius 1 is 1.50 bits per heavy atom. The number of aromatic amines is 1. The topological polar surface area (TPSA) is 48.9 Å². The summed E-state index contributed by atoms with van der Waals surface area (Å²) in [4.78, 5) is 0. The lowest BCUT2D eigenvalue weighted by Crippen LogP contribution is -1.81. The first-order valence-electron chi connectivity index (χ1n) is 3.54. The van der Waals surface area contributed by atoms with E-state index in [4.69, 9.17) is 16.7 Å². The molecule has 0 saturated carbocycles. The van der Waals surface area contributed by atoms with E-state index in [0.717, 1.165) is 16.6 Å². The summed E-state index contributed by atoms with van der Waals surface area (Å²) in [6, 6.07) is 5.37. The van der Waals surface area contributed by atoms with Gasteiger partial charge in [0.1, 0.15) is 0 Å². The Bertz CT molecular complexity index is 410. The second kappa shape index (κ2) is 2.77. The molecule has 0 amide bonds. The lowest BCUT2D eigenvalue weighted by Gasteiger charge is -1.91. The van der Waals surface area contributed by atoms with E-state index in [2.05, 4.69) is 10.2 Å². The molecule has 1 aromatic carbocycles. The largest absolute Gasteiger partial charge is 0.390 e. The van der Waals surface area contributed by atoms with E-state index in [-0.39, 0.29) is 6.61 Å². The average molecular weight is 183 g/mol. The van der Waals surface area contributed by atoms with Crippen LogP contribution in [-0.4, -0.2) is 15.3 Å². The van der Waals surface area contributed by atoms with Gasteiger partial charge in [-0.05, 0) is 18.2 Å². The molecule has 0 saturated heterocycles. The van der Waals surface area contributed by atoms with Crippen molar-refractivity contribution < 1.29 is 5.11 Å². The summed E-state index contributed by atoms with van der Waals surface area (Å²) in [7, 11) is 0. The molecule has 0 radical (unpaired) electrons. The van der Waals surface area contributed by atoms with Crippen molar-refractivity contribution in [1.82, 2.24) is 10.2 Å². The van der Waals surface area contributed by atoms with Gasteiger partial charge in [-0.1, -0.05) is 11.6 Å². The molecule has 62 valence electrons. The van der Waals surface area contributed by atoms with Crippen molar-refractivity contribution in [3.05, 3.63) is 28.9 Å². The maximum absolute atomic E-state index is 8.89. The van der Waals surface area contributed by atoms with Crippen molar-refractivity contribution in [2.75, 3.05) is 0 Å². The predicted molar refractivity (Wildman–Crippen MR) is 47.0 cm³/mol. The van der Waals surface area contributed by atoms with Crippen molar-refractivity contribution in [3.8, 4) is 0 Å². The summed E-state index contributed by atoms with van der Waals surface area (Å²) in [5, 5.41) is 17.2. The Labute approximate surface area is 74.0 Å². The number of aromatic nitrogens is 2. The van der Waals surface area contributed by atoms with E-state index >= 15 is 0 Å². The Kier molecular flexibility index (Phi) is 1.75. The number of nitrogens with one attached hydrogen (secondary N) is 1. The zero-order chi connectivity index (χ0) is 8.55. The molecule has 0 unspecified atom stereocenters. The van der Waals surface area contributed by atoms with Crippen molar-refractivity contribution in [2.45, 2.75) is 6.61 Å².